The molecule has 0 spiro atoms. The van der Waals surface area contributed by atoms with Gasteiger partial charge in [0.05, 0.1) is 5.69 Å². The lowest BCUT2D eigenvalue weighted by atomic mass is 10.1. The molecule has 1 atom stereocenters. The van der Waals surface area contributed by atoms with E-state index in [1.165, 1.54) is 17.7 Å². The van der Waals surface area contributed by atoms with Gasteiger partial charge >= 0.3 is 0 Å². The Bertz CT molecular complexity index is 828. The molecule has 1 aliphatic rings. The van der Waals surface area contributed by atoms with Gasteiger partial charge < -0.3 is 10.2 Å². The zero-order chi connectivity index (χ0) is 17.8. The minimum atomic E-state index is 0.691. The molecule has 0 aliphatic carbocycles. The summed E-state index contributed by atoms with van der Waals surface area (Å²) in [4.78, 5) is 6.58. The van der Waals surface area contributed by atoms with E-state index in [1.807, 2.05) is 36.3 Å². The maximum atomic E-state index is 4.62. The molecule has 0 radical (unpaired) electrons. The van der Waals surface area contributed by atoms with Crippen LogP contribution in [0.5, 0.6) is 0 Å². The van der Waals surface area contributed by atoms with Gasteiger partial charge in [0.2, 0.25) is 0 Å². The van der Waals surface area contributed by atoms with E-state index < -0.39 is 0 Å². The Hall–Kier alpha value is -2.66. The van der Waals surface area contributed by atoms with Crippen LogP contribution in [0.15, 0.2) is 61.1 Å². The van der Waals surface area contributed by atoms with E-state index in [0.717, 1.165) is 37.4 Å². The number of rotatable bonds is 6. The molecule has 4 rings (SSSR count). The Morgan fingerprint density at radius 1 is 1.12 bits per heavy atom. The van der Waals surface area contributed by atoms with Crippen molar-refractivity contribution in [3.63, 3.8) is 0 Å². The summed E-state index contributed by atoms with van der Waals surface area (Å²) in [6, 6.07) is 14.7. The van der Waals surface area contributed by atoms with Crippen molar-refractivity contribution in [3.05, 3.63) is 66.6 Å². The van der Waals surface area contributed by atoms with Crippen LogP contribution in [0.3, 0.4) is 0 Å². The summed E-state index contributed by atoms with van der Waals surface area (Å²) < 4.78 is 1.89. The average molecular weight is 347 g/mol. The number of benzene rings is 1. The van der Waals surface area contributed by atoms with Gasteiger partial charge in [-0.2, -0.15) is 5.10 Å². The molecular formula is C21H25N5. The van der Waals surface area contributed by atoms with Gasteiger partial charge in [-0.15, -0.1) is 0 Å². The van der Waals surface area contributed by atoms with Gasteiger partial charge in [-0.25, -0.2) is 0 Å². The molecule has 1 unspecified atom stereocenters. The van der Waals surface area contributed by atoms with Crippen molar-refractivity contribution in [1.82, 2.24) is 20.1 Å². The van der Waals surface area contributed by atoms with Gasteiger partial charge in [0.1, 0.15) is 0 Å². The van der Waals surface area contributed by atoms with Gasteiger partial charge in [-0.1, -0.05) is 18.2 Å². The monoisotopic (exact) mass is 347 g/mol. The Kier molecular flexibility index (Phi) is 4.97. The molecule has 134 valence electrons. The molecule has 1 N–H and O–H groups in total. The van der Waals surface area contributed by atoms with Crippen LogP contribution >= 0.6 is 0 Å². The second-order valence-electron chi connectivity index (χ2n) is 6.98. The summed E-state index contributed by atoms with van der Waals surface area (Å²) in [6.45, 7) is 4.15. The minimum Gasteiger partial charge on any atom is -0.371 e. The first-order valence-corrected chi connectivity index (χ1v) is 9.23. The van der Waals surface area contributed by atoms with Crippen molar-refractivity contribution < 1.29 is 0 Å². The molecule has 5 nitrogen and oxygen atoms in total. The van der Waals surface area contributed by atoms with Crippen LogP contribution in [0.4, 0.5) is 5.69 Å². The lowest BCUT2D eigenvalue weighted by Gasteiger charge is -2.18. The fourth-order valence-electron chi connectivity index (χ4n) is 3.70. The fourth-order valence-corrected chi connectivity index (χ4v) is 3.70. The van der Waals surface area contributed by atoms with Crippen LogP contribution in [-0.4, -0.2) is 34.4 Å². The van der Waals surface area contributed by atoms with Crippen LogP contribution in [0.25, 0.3) is 11.3 Å². The smallest absolute Gasteiger partial charge is 0.0969 e. The van der Waals surface area contributed by atoms with E-state index in [4.69, 9.17) is 0 Å². The lowest BCUT2D eigenvalue weighted by molar-refractivity contribution is 0.517. The van der Waals surface area contributed by atoms with Crippen molar-refractivity contribution in [2.75, 3.05) is 24.5 Å². The van der Waals surface area contributed by atoms with Crippen molar-refractivity contribution in [2.24, 2.45) is 13.0 Å². The van der Waals surface area contributed by atoms with E-state index in [9.17, 15) is 0 Å². The van der Waals surface area contributed by atoms with Crippen LogP contribution in [0, 0.1) is 5.92 Å². The van der Waals surface area contributed by atoms with Crippen molar-refractivity contribution >= 4 is 5.69 Å². The second kappa shape index (κ2) is 7.70. The number of nitrogens with one attached hydrogen (secondary N) is 1. The molecule has 3 heterocycles. The fraction of sp³-hybridized carbons (Fsp3) is 0.333. The van der Waals surface area contributed by atoms with E-state index in [1.54, 1.807) is 0 Å². The maximum absolute atomic E-state index is 4.62. The summed E-state index contributed by atoms with van der Waals surface area (Å²) in [7, 11) is 1.98. The zero-order valence-electron chi connectivity index (χ0n) is 15.2. The standard InChI is InChI=1S/C21H25N5/c1-25-16-19(21(24-25)18-7-10-22-11-8-18)14-23-13-17-9-12-26(15-17)20-5-3-2-4-6-20/h2-8,10-11,16-17,23H,9,12-15H2,1H3. The quantitative estimate of drug-likeness (QED) is 0.744. The highest BCUT2D eigenvalue weighted by molar-refractivity contribution is 5.61. The highest BCUT2D eigenvalue weighted by Gasteiger charge is 2.22. The summed E-state index contributed by atoms with van der Waals surface area (Å²) >= 11 is 0. The van der Waals surface area contributed by atoms with Crippen LogP contribution in [0.1, 0.15) is 12.0 Å². The minimum absolute atomic E-state index is 0.691. The zero-order valence-corrected chi connectivity index (χ0v) is 15.2. The van der Waals surface area contributed by atoms with E-state index in [0.29, 0.717) is 5.92 Å². The highest BCUT2D eigenvalue weighted by atomic mass is 15.3. The topological polar surface area (TPSA) is 46.0 Å². The second-order valence-corrected chi connectivity index (χ2v) is 6.98. The average Bonchev–Trinajstić information content (AvgIpc) is 3.30. The summed E-state index contributed by atoms with van der Waals surface area (Å²) in [5, 5.41) is 8.27. The normalized spacial score (nSPS) is 17.0. The molecule has 0 saturated carbocycles. The predicted octanol–water partition coefficient (Wildman–Crippen LogP) is 3.10. The number of nitrogens with zero attached hydrogens (tertiary/aromatic N) is 4. The van der Waals surface area contributed by atoms with Gasteiger partial charge in [0.15, 0.2) is 0 Å². The van der Waals surface area contributed by atoms with Crippen molar-refractivity contribution in [1.29, 1.82) is 0 Å². The molecule has 1 fully saturated rings. The Labute approximate surface area is 154 Å². The molecular weight excluding hydrogens is 322 g/mol. The van der Waals surface area contributed by atoms with Crippen molar-refractivity contribution in [3.8, 4) is 11.3 Å². The van der Waals surface area contributed by atoms with Gasteiger partial charge in [-0.3, -0.25) is 9.67 Å². The Morgan fingerprint density at radius 2 is 1.92 bits per heavy atom. The van der Waals surface area contributed by atoms with Gasteiger partial charge in [0.25, 0.3) is 0 Å². The molecule has 1 aliphatic heterocycles. The molecule has 2 aromatic heterocycles. The van der Waals surface area contributed by atoms with E-state index in [2.05, 4.69) is 56.8 Å². The van der Waals surface area contributed by atoms with Gasteiger partial charge in [0, 0.05) is 68.6 Å². The molecule has 3 aromatic rings. The number of aryl methyl sites for hydroxylation is 1. The lowest BCUT2D eigenvalue weighted by Crippen LogP contribution is -2.26. The van der Waals surface area contributed by atoms with Gasteiger partial charge in [-0.05, 0) is 36.6 Å². The Balaban J connectivity index is 1.33. The highest BCUT2D eigenvalue weighted by Crippen LogP contribution is 2.24. The number of aromatic nitrogens is 3. The van der Waals surface area contributed by atoms with Crippen LogP contribution in [0.2, 0.25) is 0 Å². The molecule has 0 amide bonds. The number of hydrogen-bond donors (Lipinski definition) is 1. The van der Waals surface area contributed by atoms with Crippen molar-refractivity contribution in [2.45, 2.75) is 13.0 Å². The molecule has 1 aromatic carbocycles. The third-order valence-corrected chi connectivity index (χ3v) is 5.01. The van der Waals surface area contributed by atoms with Crippen LogP contribution in [-0.2, 0) is 13.6 Å². The number of para-hydroxylation sites is 1. The maximum Gasteiger partial charge on any atom is 0.0969 e. The first-order valence-electron chi connectivity index (χ1n) is 9.23. The SMILES string of the molecule is Cn1cc(CNCC2CCN(c3ccccc3)C2)c(-c2ccncc2)n1. The summed E-state index contributed by atoms with van der Waals surface area (Å²) in [5.41, 5.74) is 4.73. The third-order valence-electron chi connectivity index (χ3n) is 5.01. The number of anilines is 1. The van der Waals surface area contributed by atoms with Crippen LogP contribution < -0.4 is 10.2 Å². The first-order chi connectivity index (χ1) is 12.8. The number of pyridine rings is 1. The number of hydrogen-bond acceptors (Lipinski definition) is 4. The predicted molar refractivity (Wildman–Crippen MR) is 105 cm³/mol. The first kappa shape index (κ1) is 16.8. The third kappa shape index (κ3) is 3.78. The summed E-state index contributed by atoms with van der Waals surface area (Å²) in [6.07, 6.45) is 6.98. The molecule has 5 heteroatoms. The Morgan fingerprint density at radius 3 is 2.73 bits per heavy atom. The molecule has 26 heavy (non-hydrogen) atoms. The molecule has 1 saturated heterocycles. The van der Waals surface area contributed by atoms with E-state index in [-0.39, 0.29) is 0 Å². The largest absolute Gasteiger partial charge is 0.371 e. The molecule has 0 bridgehead atoms. The summed E-state index contributed by atoms with van der Waals surface area (Å²) in [5.74, 6) is 0.691. The van der Waals surface area contributed by atoms with E-state index >= 15 is 0 Å².